The highest BCUT2D eigenvalue weighted by molar-refractivity contribution is 5.77. The van der Waals surface area contributed by atoms with E-state index < -0.39 is 11.7 Å². The number of halogens is 3. The summed E-state index contributed by atoms with van der Waals surface area (Å²) in [5, 5.41) is 2.98. The van der Waals surface area contributed by atoms with Crippen LogP contribution >= 0.6 is 0 Å². The molecule has 2 aliphatic rings. The molecular weight excluding hydrogens is 357 g/mol. The Hall–Kier alpha value is -1.76. The maximum absolute atomic E-state index is 12.5. The van der Waals surface area contributed by atoms with Gasteiger partial charge in [-0.3, -0.25) is 9.69 Å². The Kier molecular flexibility index (Phi) is 6.63. The predicted molar refractivity (Wildman–Crippen MR) is 96.5 cm³/mol. The number of carbonyl (C=O) groups is 1. The Morgan fingerprint density at radius 1 is 1.07 bits per heavy atom. The van der Waals surface area contributed by atoms with Gasteiger partial charge >= 0.3 is 6.18 Å². The molecule has 4 nitrogen and oxygen atoms in total. The van der Waals surface area contributed by atoms with Crippen molar-refractivity contribution in [2.75, 3.05) is 19.7 Å². The summed E-state index contributed by atoms with van der Waals surface area (Å²) in [5.74, 6) is 0.0206. The van der Waals surface area contributed by atoms with Gasteiger partial charge in [0.1, 0.15) is 5.75 Å². The summed E-state index contributed by atoms with van der Waals surface area (Å²) < 4.78 is 42.9. The third-order valence-corrected chi connectivity index (χ3v) is 5.48. The van der Waals surface area contributed by atoms with Gasteiger partial charge in [0.15, 0.2) is 6.61 Å². The lowest BCUT2D eigenvalue weighted by Crippen LogP contribution is -2.41. The van der Waals surface area contributed by atoms with Gasteiger partial charge in [0.25, 0.3) is 5.91 Å². The molecule has 1 unspecified atom stereocenters. The fourth-order valence-corrected chi connectivity index (χ4v) is 4.02. The standard InChI is InChI=1S/C20H27F3N2O2/c21-20(22,23)15-7-9-18(10-8-15)27-14-19(26)24-16-11-12-25(13-16)17-5-3-1-2-4-6-17/h7-10,16-17H,1-6,11-14H2,(H,24,26). The monoisotopic (exact) mass is 384 g/mol. The summed E-state index contributed by atoms with van der Waals surface area (Å²) in [7, 11) is 0. The fourth-order valence-electron chi connectivity index (χ4n) is 4.02. The van der Waals surface area contributed by atoms with Crippen LogP contribution in [0.5, 0.6) is 5.75 Å². The predicted octanol–water partition coefficient (Wildman–Crippen LogP) is 4.00. The average Bonchev–Trinajstić information content (AvgIpc) is 2.92. The summed E-state index contributed by atoms with van der Waals surface area (Å²) in [5.41, 5.74) is -0.733. The number of rotatable bonds is 5. The average molecular weight is 384 g/mol. The quantitative estimate of drug-likeness (QED) is 0.781. The number of alkyl halides is 3. The highest BCUT2D eigenvalue weighted by Crippen LogP contribution is 2.30. The summed E-state index contributed by atoms with van der Waals surface area (Å²) in [6.45, 7) is 1.69. The van der Waals surface area contributed by atoms with Crippen LogP contribution in [0.2, 0.25) is 0 Å². The van der Waals surface area contributed by atoms with Gasteiger partial charge in [0.2, 0.25) is 0 Å². The van der Waals surface area contributed by atoms with Crippen LogP contribution in [0.4, 0.5) is 13.2 Å². The minimum atomic E-state index is -4.37. The molecule has 1 N–H and O–H groups in total. The number of benzene rings is 1. The van der Waals surface area contributed by atoms with E-state index in [0.717, 1.165) is 31.6 Å². The van der Waals surface area contributed by atoms with E-state index in [1.807, 2.05) is 0 Å². The normalized spacial score (nSPS) is 22.4. The first-order valence-corrected chi connectivity index (χ1v) is 9.75. The van der Waals surface area contributed by atoms with Gasteiger partial charge in [-0.05, 0) is 43.5 Å². The van der Waals surface area contributed by atoms with Crippen molar-refractivity contribution in [3.63, 3.8) is 0 Å². The van der Waals surface area contributed by atoms with E-state index in [0.29, 0.717) is 6.04 Å². The first kappa shape index (κ1) is 20.0. The molecule has 2 fully saturated rings. The maximum atomic E-state index is 12.5. The van der Waals surface area contributed by atoms with Gasteiger partial charge in [-0.1, -0.05) is 25.7 Å². The van der Waals surface area contributed by atoms with E-state index in [9.17, 15) is 18.0 Å². The van der Waals surface area contributed by atoms with Crippen molar-refractivity contribution in [2.24, 2.45) is 0 Å². The van der Waals surface area contributed by atoms with Crippen LogP contribution in [0, 0.1) is 0 Å². The van der Waals surface area contributed by atoms with E-state index in [2.05, 4.69) is 10.2 Å². The van der Waals surface area contributed by atoms with Gasteiger partial charge in [-0.25, -0.2) is 0 Å². The van der Waals surface area contributed by atoms with E-state index >= 15 is 0 Å². The molecule has 1 aromatic carbocycles. The number of ether oxygens (including phenoxy) is 1. The number of hydrogen-bond donors (Lipinski definition) is 1. The Morgan fingerprint density at radius 2 is 1.74 bits per heavy atom. The van der Waals surface area contributed by atoms with Crippen LogP contribution < -0.4 is 10.1 Å². The highest BCUT2D eigenvalue weighted by atomic mass is 19.4. The number of hydrogen-bond acceptors (Lipinski definition) is 3. The third kappa shape index (κ3) is 5.86. The van der Waals surface area contributed by atoms with Crippen molar-refractivity contribution in [1.29, 1.82) is 0 Å². The second-order valence-corrected chi connectivity index (χ2v) is 7.50. The molecule has 0 radical (unpaired) electrons. The minimum Gasteiger partial charge on any atom is -0.484 e. The molecule has 1 aromatic rings. The Balaban J connectivity index is 1.40. The van der Waals surface area contributed by atoms with Crippen LogP contribution in [0.25, 0.3) is 0 Å². The number of nitrogens with one attached hydrogen (secondary N) is 1. The molecule has 1 atom stereocenters. The third-order valence-electron chi connectivity index (χ3n) is 5.48. The molecule has 1 saturated carbocycles. The molecule has 1 aliphatic heterocycles. The number of carbonyl (C=O) groups excluding carboxylic acids is 1. The lowest BCUT2D eigenvalue weighted by Gasteiger charge is -2.26. The summed E-state index contributed by atoms with van der Waals surface area (Å²) in [6, 6.07) is 5.14. The zero-order chi connectivity index (χ0) is 19.3. The van der Waals surface area contributed by atoms with Crippen LogP contribution in [0.1, 0.15) is 50.5 Å². The van der Waals surface area contributed by atoms with Gasteiger partial charge in [0, 0.05) is 25.2 Å². The maximum Gasteiger partial charge on any atom is 0.416 e. The van der Waals surface area contributed by atoms with Crippen molar-refractivity contribution in [3.05, 3.63) is 29.8 Å². The zero-order valence-electron chi connectivity index (χ0n) is 15.4. The zero-order valence-corrected chi connectivity index (χ0v) is 15.4. The molecule has 0 spiro atoms. The topological polar surface area (TPSA) is 41.6 Å². The molecule has 1 heterocycles. The first-order valence-electron chi connectivity index (χ1n) is 9.75. The molecule has 150 valence electrons. The van der Waals surface area contributed by atoms with E-state index in [-0.39, 0.29) is 24.3 Å². The van der Waals surface area contributed by atoms with Gasteiger partial charge in [-0.2, -0.15) is 13.2 Å². The van der Waals surface area contributed by atoms with Crippen molar-refractivity contribution in [1.82, 2.24) is 10.2 Å². The van der Waals surface area contributed by atoms with Crippen molar-refractivity contribution in [3.8, 4) is 5.75 Å². The molecule has 0 aromatic heterocycles. The van der Waals surface area contributed by atoms with Crippen LogP contribution in [-0.4, -0.2) is 42.6 Å². The van der Waals surface area contributed by atoms with Gasteiger partial charge < -0.3 is 10.1 Å². The summed E-state index contributed by atoms with van der Waals surface area (Å²) in [4.78, 5) is 14.6. The van der Waals surface area contributed by atoms with Gasteiger partial charge in [0.05, 0.1) is 5.56 Å². The molecule has 1 saturated heterocycles. The number of amides is 1. The van der Waals surface area contributed by atoms with E-state index in [4.69, 9.17) is 4.74 Å². The Morgan fingerprint density at radius 3 is 2.37 bits per heavy atom. The molecule has 27 heavy (non-hydrogen) atoms. The first-order chi connectivity index (χ1) is 12.9. The SMILES string of the molecule is O=C(COc1ccc(C(F)(F)F)cc1)NC1CCN(C2CCCCCC2)C1. The summed E-state index contributed by atoms with van der Waals surface area (Å²) in [6.07, 6.45) is 4.29. The van der Waals surface area contributed by atoms with Crippen molar-refractivity contribution < 1.29 is 22.7 Å². The van der Waals surface area contributed by atoms with E-state index in [1.165, 1.54) is 50.7 Å². The van der Waals surface area contributed by atoms with E-state index in [1.54, 1.807) is 0 Å². The van der Waals surface area contributed by atoms with Crippen molar-refractivity contribution >= 4 is 5.91 Å². The number of likely N-dealkylation sites (tertiary alicyclic amines) is 1. The Labute approximate surface area is 158 Å². The van der Waals surface area contributed by atoms with Gasteiger partial charge in [-0.15, -0.1) is 0 Å². The molecular formula is C20H27F3N2O2. The molecule has 1 amide bonds. The second-order valence-electron chi connectivity index (χ2n) is 7.50. The highest BCUT2D eigenvalue weighted by Gasteiger charge is 2.30. The molecule has 1 aliphatic carbocycles. The smallest absolute Gasteiger partial charge is 0.416 e. The Bertz CT molecular complexity index is 611. The fraction of sp³-hybridized carbons (Fsp3) is 0.650. The number of nitrogens with zero attached hydrogens (tertiary/aromatic N) is 1. The second kappa shape index (κ2) is 8.95. The molecule has 7 heteroatoms. The summed E-state index contributed by atoms with van der Waals surface area (Å²) >= 11 is 0. The molecule has 0 bridgehead atoms. The van der Waals surface area contributed by atoms with Crippen LogP contribution in [0.15, 0.2) is 24.3 Å². The lowest BCUT2D eigenvalue weighted by molar-refractivity contribution is -0.137. The molecule has 3 rings (SSSR count). The van der Waals surface area contributed by atoms with Crippen molar-refractivity contribution in [2.45, 2.75) is 63.2 Å². The largest absolute Gasteiger partial charge is 0.484 e. The van der Waals surface area contributed by atoms with Crippen LogP contribution in [-0.2, 0) is 11.0 Å². The lowest BCUT2D eigenvalue weighted by atomic mass is 10.1. The minimum absolute atomic E-state index is 0.122. The van der Waals surface area contributed by atoms with Crippen LogP contribution in [0.3, 0.4) is 0 Å².